The van der Waals surface area contributed by atoms with Gasteiger partial charge in [0.25, 0.3) is 0 Å². The molecule has 1 N–H and O–H groups in total. The van der Waals surface area contributed by atoms with Crippen LogP contribution >= 0.6 is 11.6 Å². The molecule has 1 aliphatic rings. The molecular formula is C15H18ClNO. The molecule has 1 aliphatic heterocycles. The molecule has 2 nitrogen and oxygen atoms in total. The van der Waals surface area contributed by atoms with E-state index in [0.717, 1.165) is 30.8 Å². The highest BCUT2D eigenvalue weighted by atomic mass is 35.5. The van der Waals surface area contributed by atoms with Crippen molar-refractivity contribution in [2.45, 2.75) is 31.4 Å². The van der Waals surface area contributed by atoms with E-state index >= 15 is 0 Å². The van der Waals surface area contributed by atoms with E-state index < -0.39 is 0 Å². The summed E-state index contributed by atoms with van der Waals surface area (Å²) in [6, 6.07) is 7.92. The summed E-state index contributed by atoms with van der Waals surface area (Å²) in [6.07, 6.45) is 7.79. The SMILES string of the molecule is C#CCN1CCCC(O)C1Cc1ccc(Cl)cc1. The largest absolute Gasteiger partial charge is 0.391 e. The highest BCUT2D eigenvalue weighted by molar-refractivity contribution is 6.30. The minimum atomic E-state index is -0.289. The fraction of sp³-hybridized carbons (Fsp3) is 0.467. The van der Waals surface area contributed by atoms with Gasteiger partial charge in [0.15, 0.2) is 0 Å². The summed E-state index contributed by atoms with van der Waals surface area (Å²) < 4.78 is 0. The van der Waals surface area contributed by atoms with Crippen LogP contribution in [0.4, 0.5) is 0 Å². The van der Waals surface area contributed by atoms with Gasteiger partial charge in [0.05, 0.1) is 12.6 Å². The summed E-state index contributed by atoms with van der Waals surface area (Å²) in [4.78, 5) is 2.20. The van der Waals surface area contributed by atoms with Gasteiger partial charge in [0, 0.05) is 11.1 Å². The molecule has 1 aromatic carbocycles. The Hall–Kier alpha value is -1.01. The van der Waals surface area contributed by atoms with Gasteiger partial charge in [-0.25, -0.2) is 0 Å². The molecule has 0 aromatic heterocycles. The van der Waals surface area contributed by atoms with Crippen LogP contribution in [0.15, 0.2) is 24.3 Å². The van der Waals surface area contributed by atoms with E-state index in [9.17, 15) is 5.11 Å². The van der Waals surface area contributed by atoms with E-state index in [4.69, 9.17) is 18.0 Å². The molecule has 3 heteroatoms. The predicted molar refractivity (Wildman–Crippen MR) is 74.6 cm³/mol. The van der Waals surface area contributed by atoms with Crippen LogP contribution in [0.25, 0.3) is 0 Å². The lowest BCUT2D eigenvalue weighted by Crippen LogP contribution is -2.49. The van der Waals surface area contributed by atoms with Crippen LogP contribution in [-0.2, 0) is 6.42 Å². The third kappa shape index (κ3) is 3.26. The van der Waals surface area contributed by atoms with Crippen molar-refractivity contribution in [1.82, 2.24) is 4.90 Å². The smallest absolute Gasteiger partial charge is 0.0699 e. The van der Waals surface area contributed by atoms with Crippen molar-refractivity contribution in [1.29, 1.82) is 0 Å². The van der Waals surface area contributed by atoms with Crippen LogP contribution in [0.3, 0.4) is 0 Å². The molecule has 1 fully saturated rings. The van der Waals surface area contributed by atoms with Crippen LogP contribution in [0, 0.1) is 12.3 Å². The summed E-state index contributed by atoms with van der Waals surface area (Å²) in [5.74, 6) is 2.68. The number of benzene rings is 1. The Bertz CT molecular complexity index is 423. The van der Waals surface area contributed by atoms with Crippen molar-refractivity contribution in [3.63, 3.8) is 0 Å². The van der Waals surface area contributed by atoms with E-state index in [-0.39, 0.29) is 12.1 Å². The van der Waals surface area contributed by atoms with Crippen LogP contribution < -0.4 is 0 Å². The van der Waals surface area contributed by atoms with E-state index in [1.165, 1.54) is 5.56 Å². The predicted octanol–water partition coefficient (Wildman–Crippen LogP) is 2.34. The van der Waals surface area contributed by atoms with Gasteiger partial charge in [-0.3, -0.25) is 4.90 Å². The van der Waals surface area contributed by atoms with Gasteiger partial charge in [0.1, 0.15) is 0 Å². The summed E-state index contributed by atoms with van der Waals surface area (Å²) in [7, 11) is 0. The Kier molecular flexibility index (Phi) is 4.66. The molecule has 0 amide bonds. The molecule has 0 bridgehead atoms. The number of piperidine rings is 1. The number of hydrogen-bond donors (Lipinski definition) is 1. The molecular weight excluding hydrogens is 246 g/mol. The van der Waals surface area contributed by atoms with Gasteiger partial charge in [0.2, 0.25) is 0 Å². The van der Waals surface area contributed by atoms with E-state index in [1.54, 1.807) is 0 Å². The van der Waals surface area contributed by atoms with Crippen molar-refractivity contribution in [3.8, 4) is 12.3 Å². The number of hydrogen-bond acceptors (Lipinski definition) is 2. The maximum atomic E-state index is 10.1. The topological polar surface area (TPSA) is 23.5 Å². The molecule has 2 unspecified atom stereocenters. The van der Waals surface area contributed by atoms with E-state index in [0.29, 0.717) is 6.54 Å². The number of likely N-dealkylation sites (tertiary alicyclic amines) is 1. The molecule has 0 spiro atoms. The summed E-state index contributed by atoms with van der Waals surface area (Å²) >= 11 is 5.88. The summed E-state index contributed by atoms with van der Waals surface area (Å²) in [6.45, 7) is 1.58. The van der Waals surface area contributed by atoms with Crippen LogP contribution in [0.5, 0.6) is 0 Å². The first-order chi connectivity index (χ1) is 8.70. The molecule has 2 atom stereocenters. The number of terminal acetylenes is 1. The number of halogens is 1. The Morgan fingerprint density at radius 1 is 1.39 bits per heavy atom. The first kappa shape index (κ1) is 13.4. The lowest BCUT2D eigenvalue weighted by molar-refractivity contribution is 0.0184. The summed E-state index contributed by atoms with van der Waals surface area (Å²) in [5.41, 5.74) is 1.19. The minimum Gasteiger partial charge on any atom is -0.391 e. The fourth-order valence-corrected chi connectivity index (χ4v) is 2.67. The Morgan fingerprint density at radius 3 is 2.78 bits per heavy atom. The second-order valence-electron chi connectivity index (χ2n) is 4.78. The number of aliphatic hydroxyl groups is 1. The van der Waals surface area contributed by atoms with Gasteiger partial charge in [-0.2, -0.15) is 0 Å². The standard InChI is InChI=1S/C15H18ClNO/c1-2-9-17-10-3-4-15(18)14(17)11-12-5-7-13(16)8-6-12/h1,5-8,14-15,18H,3-4,9-11H2. The molecule has 1 aromatic rings. The Labute approximate surface area is 114 Å². The van der Waals surface area contributed by atoms with Crippen molar-refractivity contribution >= 4 is 11.6 Å². The molecule has 1 heterocycles. The normalized spacial score (nSPS) is 24.7. The first-order valence-electron chi connectivity index (χ1n) is 6.30. The third-order valence-electron chi connectivity index (χ3n) is 3.51. The molecule has 2 rings (SSSR count). The maximum Gasteiger partial charge on any atom is 0.0699 e. The zero-order valence-corrected chi connectivity index (χ0v) is 11.1. The minimum absolute atomic E-state index is 0.121. The highest BCUT2D eigenvalue weighted by Gasteiger charge is 2.29. The fourth-order valence-electron chi connectivity index (χ4n) is 2.55. The van der Waals surface area contributed by atoms with Gasteiger partial charge in [-0.15, -0.1) is 6.42 Å². The molecule has 0 radical (unpaired) electrons. The average molecular weight is 264 g/mol. The lowest BCUT2D eigenvalue weighted by Gasteiger charge is -2.38. The van der Waals surface area contributed by atoms with E-state index in [2.05, 4.69) is 10.8 Å². The van der Waals surface area contributed by atoms with Crippen LogP contribution in [0.2, 0.25) is 5.02 Å². The van der Waals surface area contributed by atoms with Gasteiger partial charge >= 0.3 is 0 Å². The average Bonchev–Trinajstić information content (AvgIpc) is 2.36. The Morgan fingerprint density at radius 2 is 2.11 bits per heavy atom. The van der Waals surface area contributed by atoms with Crippen molar-refractivity contribution in [2.75, 3.05) is 13.1 Å². The van der Waals surface area contributed by atoms with Crippen LogP contribution in [0.1, 0.15) is 18.4 Å². The van der Waals surface area contributed by atoms with Gasteiger partial charge in [-0.05, 0) is 43.5 Å². The Balaban J connectivity index is 2.08. The van der Waals surface area contributed by atoms with Crippen molar-refractivity contribution in [3.05, 3.63) is 34.9 Å². The molecule has 1 saturated heterocycles. The first-order valence-corrected chi connectivity index (χ1v) is 6.68. The second-order valence-corrected chi connectivity index (χ2v) is 5.22. The van der Waals surface area contributed by atoms with Gasteiger partial charge < -0.3 is 5.11 Å². The lowest BCUT2D eigenvalue weighted by atomic mass is 9.93. The maximum absolute atomic E-state index is 10.1. The summed E-state index contributed by atoms with van der Waals surface area (Å²) in [5, 5.41) is 10.9. The quantitative estimate of drug-likeness (QED) is 0.847. The molecule has 96 valence electrons. The van der Waals surface area contributed by atoms with Crippen molar-refractivity contribution < 1.29 is 5.11 Å². The second kappa shape index (κ2) is 6.24. The van der Waals surface area contributed by atoms with E-state index in [1.807, 2.05) is 24.3 Å². The number of aliphatic hydroxyl groups excluding tert-OH is 1. The zero-order chi connectivity index (χ0) is 13.0. The monoisotopic (exact) mass is 263 g/mol. The van der Waals surface area contributed by atoms with Gasteiger partial charge in [-0.1, -0.05) is 29.7 Å². The molecule has 0 saturated carbocycles. The van der Waals surface area contributed by atoms with Crippen LogP contribution in [-0.4, -0.2) is 35.2 Å². The molecule has 0 aliphatic carbocycles. The van der Waals surface area contributed by atoms with Crippen molar-refractivity contribution in [2.24, 2.45) is 0 Å². The molecule has 18 heavy (non-hydrogen) atoms. The zero-order valence-electron chi connectivity index (χ0n) is 10.3. The number of nitrogens with zero attached hydrogens (tertiary/aromatic N) is 1. The third-order valence-corrected chi connectivity index (χ3v) is 3.76. The highest BCUT2D eigenvalue weighted by Crippen LogP contribution is 2.21. The number of rotatable bonds is 3.